The van der Waals surface area contributed by atoms with Crippen LogP contribution in [0.15, 0.2) is 24.4 Å². The molecule has 0 fully saturated rings. The molecule has 1 aromatic carbocycles. The van der Waals surface area contributed by atoms with Gasteiger partial charge in [-0.3, -0.25) is 5.32 Å². The number of hydrogen-bond donors (Lipinski definition) is 4. The van der Waals surface area contributed by atoms with Gasteiger partial charge in [0.2, 0.25) is 5.82 Å². The molecular weight excluding hydrogens is 346 g/mol. The number of anilines is 2. The van der Waals surface area contributed by atoms with E-state index < -0.39 is 12.0 Å². The Hall–Kier alpha value is -2.58. The first-order valence-corrected chi connectivity index (χ1v) is 8.19. The Morgan fingerprint density at radius 1 is 1.36 bits per heavy atom. The quantitative estimate of drug-likeness (QED) is 0.600. The molecule has 2 rings (SSSR count). The summed E-state index contributed by atoms with van der Waals surface area (Å²) in [6, 6.07) is 4.40. The van der Waals surface area contributed by atoms with Crippen LogP contribution >= 0.6 is 11.6 Å². The van der Waals surface area contributed by atoms with Crippen molar-refractivity contribution in [1.82, 2.24) is 9.55 Å². The number of imidazole rings is 1. The van der Waals surface area contributed by atoms with Gasteiger partial charge in [-0.05, 0) is 30.2 Å². The van der Waals surface area contributed by atoms with Gasteiger partial charge in [-0.15, -0.1) is 0 Å². The predicted octanol–water partition coefficient (Wildman–Crippen LogP) is 3.14. The zero-order chi connectivity index (χ0) is 18.4. The molecule has 5 N–H and O–H groups in total. The Bertz CT molecular complexity index is 775. The molecule has 0 aliphatic heterocycles. The Morgan fingerprint density at radius 3 is 2.76 bits per heavy atom. The second kappa shape index (κ2) is 8.50. The van der Waals surface area contributed by atoms with Crippen molar-refractivity contribution >= 4 is 35.1 Å². The van der Waals surface area contributed by atoms with Gasteiger partial charge >= 0.3 is 12.0 Å². The summed E-state index contributed by atoms with van der Waals surface area (Å²) in [5, 5.41) is 14.9. The van der Waals surface area contributed by atoms with E-state index in [1.807, 2.05) is 6.92 Å². The number of halogens is 1. The maximum atomic E-state index is 12.1. The van der Waals surface area contributed by atoms with Crippen molar-refractivity contribution in [2.45, 2.75) is 32.9 Å². The smallest absolute Gasteiger partial charge is 0.372 e. The third kappa shape index (κ3) is 4.94. The fourth-order valence-electron chi connectivity index (χ4n) is 2.27. The third-order valence-corrected chi connectivity index (χ3v) is 3.73. The molecule has 0 saturated heterocycles. The van der Waals surface area contributed by atoms with Crippen LogP contribution < -0.4 is 16.4 Å². The molecule has 0 bridgehead atoms. The zero-order valence-corrected chi connectivity index (χ0v) is 14.5. The highest BCUT2D eigenvalue weighted by atomic mass is 35.5. The molecule has 25 heavy (non-hydrogen) atoms. The van der Waals surface area contributed by atoms with Crippen molar-refractivity contribution in [3.05, 3.63) is 40.8 Å². The van der Waals surface area contributed by atoms with Crippen LogP contribution in [0.5, 0.6) is 0 Å². The summed E-state index contributed by atoms with van der Waals surface area (Å²) in [6.45, 7) is 2.74. The van der Waals surface area contributed by atoms with E-state index in [1.165, 1.54) is 10.8 Å². The number of nitrogens with zero attached hydrogens (tertiary/aromatic N) is 2. The standard InChI is InChI=1S/C16H20ClN5O3/c1-2-3-6-22-9-13(20-14(22)15(23)24)21-16(25)19-12-5-4-11(17)7-10(12)8-18/h4-5,7,9H,2-3,6,8,18H2,1H3,(H,23,24)(H2,19,21,25). The molecular formula is C16H20ClN5O3. The number of carbonyl (C=O) groups is 2. The topological polar surface area (TPSA) is 122 Å². The second-order valence-electron chi connectivity index (χ2n) is 5.39. The molecule has 2 amide bonds. The summed E-state index contributed by atoms with van der Waals surface area (Å²) in [5.74, 6) is -1.10. The van der Waals surface area contributed by atoms with E-state index in [0.29, 0.717) is 22.8 Å². The summed E-state index contributed by atoms with van der Waals surface area (Å²) >= 11 is 5.90. The summed E-state index contributed by atoms with van der Waals surface area (Å²) in [7, 11) is 0. The van der Waals surface area contributed by atoms with Crippen LogP contribution in [0.2, 0.25) is 5.02 Å². The highest BCUT2D eigenvalue weighted by Gasteiger charge is 2.16. The number of aryl methyl sites for hydroxylation is 1. The van der Waals surface area contributed by atoms with Gasteiger partial charge in [-0.25, -0.2) is 14.6 Å². The Balaban J connectivity index is 2.11. The molecule has 9 heteroatoms. The van der Waals surface area contributed by atoms with Gasteiger partial charge < -0.3 is 20.7 Å². The average molecular weight is 366 g/mol. The number of carbonyl (C=O) groups excluding carboxylic acids is 1. The number of amides is 2. The third-order valence-electron chi connectivity index (χ3n) is 3.50. The number of hydrogen-bond acceptors (Lipinski definition) is 4. The SMILES string of the molecule is CCCCn1cc(NC(=O)Nc2ccc(Cl)cc2CN)nc1C(=O)O. The minimum absolute atomic E-state index is 0.113. The van der Waals surface area contributed by atoms with Crippen molar-refractivity contribution < 1.29 is 14.7 Å². The lowest BCUT2D eigenvalue weighted by atomic mass is 10.2. The van der Waals surface area contributed by atoms with Crippen molar-refractivity contribution in [1.29, 1.82) is 0 Å². The predicted molar refractivity (Wildman–Crippen MR) is 96.1 cm³/mol. The number of urea groups is 1. The van der Waals surface area contributed by atoms with Crippen LogP contribution in [0, 0.1) is 0 Å². The fraction of sp³-hybridized carbons (Fsp3) is 0.312. The molecule has 1 heterocycles. The van der Waals surface area contributed by atoms with Crippen LogP contribution in [0.4, 0.5) is 16.3 Å². The molecule has 0 aliphatic carbocycles. The molecule has 0 spiro atoms. The van der Waals surface area contributed by atoms with E-state index in [1.54, 1.807) is 18.2 Å². The van der Waals surface area contributed by atoms with Crippen LogP contribution in [0.25, 0.3) is 0 Å². The Morgan fingerprint density at radius 2 is 2.12 bits per heavy atom. The molecule has 0 unspecified atom stereocenters. The van der Waals surface area contributed by atoms with E-state index >= 15 is 0 Å². The largest absolute Gasteiger partial charge is 0.475 e. The van der Waals surface area contributed by atoms with Crippen molar-refractivity contribution in [3.63, 3.8) is 0 Å². The number of benzene rings is 1. The highest BCUT2D eigenvalue weighted by Crippen LogP contribution is 2.20. The molecule has 8 nitrogen and oxygen atoms in total. The van der Waals surface area contributed by atoms with Crippen molar-refractivity contribution in [2.75, 3.05) is 10.6 Å². The number of nitrogens with one attached hydrogen (secondary N) is 2. The maximum Gasteiger partial charge on any atom is 0.372 e. The molecule has 134 valence electrons. The fourth-order valence-corrected chi connectivity index (χ4v) is 2.46. The van der Waals surface area contributed by atoms with Gasteiger partial charge in [-0.2, -0.15) is 0 Å². The lowest BCUT2D eigenvalue weighted by Crippen LogP contribution is -2.21. The lowest BCUT2D eigenvalue weighted by molar-refractivity contribution is 0.0678. The first kappa shape index (κ1) is 18.8. The second-order valence-corrected chi connectivity index (χ2v) is 5.82. The van der Waals surface area contributed by atoms with E-state index in [2.05, 4.69) is 15.6 Å². The minimum atomic E-state index is -1.15. The maximum absolute atomic E-state index is 12.1. The Kier molecular flexibility index (Phi) is 6.37. The number of nitrogens with two attached hydrogens (primary N) is 1. The number of carboxylic acids is 1. The molecule has 2 aromatic rings. The van der Waals surface area contributed by atoms with Crippen LogP contribution in [-0.2, 0) is 13.1 Å². The first-order chi connectivity index (χ1) is 11.9. The summed E-state index contributed by atoms with van der Waals surface area (Å²) in [5.41, 5.74) is 6.84. The van der Waals surface area contributed by atoms with Gasteiger partial charge in [0.15, 0.2) is 5.82 Å². The number of rotatable bonds is 7. The highest BCUT2D eigenvalue weighted by molar-refractivity contribution is 6.30. The van der Waals surface area contributed by atoms with Crippen LogP contribution in [0.3, 0.4) is 0 Å². The van der Waals surface area contributed by atoms with E-state index in [9.17, 15) is 14.7 Å². The monoisotopic (exact) mass is 365 g/mol. The molecule has 1 aromatic heterocycles. The van der Waals surface area contributed by atoms with Gasteiger partial charge in [0, 0.05) is 30.0 Å². The number of aromatic carboxylic acids is 1. The molecule has 0 atom stereocenters. The molecule has 0 saturated carbocycles. The van der Waals surface area contributed by atoms with E-state index in [4.69, 9.17) is 17.3 Å². The zero-order valence-electron chi connectivity index (χ0n) is 13.8. The average Bonchev–Trinajstić information content (AvgIpc) is 2.97. The number of aromatic nitrogens is 2. The van der Waals surface area contributed by atoms with Gasteiger partial charge in [-0.1, -0.05) is 24.9 Å². The van der Waals surface area contributed by atoms with E-state index in [0.717, 1.165) is 12.8 Å². The molecule has 0 aliphatic rings. The number of carboxylic acid groups (broad SMARTS) is 1. The minimum Gasteiger partial charge on any atom is -0.475 e. The summed E-state index contributed by atoms with van der Waals surface area (Å²) in [6.07, 6.45) is 3.23. The first-order valence-electron chi connectivity index (χ1n) is 7.81. The summed E-state index contributed by atoms with van der Waals surface area (Å²) in [4.78, 5) is 27.3. The van der Waals surface area contributed by atoms with Crippen LogP contribution in [0.1, 0.15) is 35.9 Å². The van der Waals surface area contributed by atoms with E-state index in [-0.39, 0.29) is 18.2 Å². The lowest BCUT2D eigenvalue weighted by Gasteiger charge is -2.10. The molecule has 0 radical (unpaired) electrons. The van der Waals surface area contributed by atoms with Crippen molar-refractivity contribution in [3.8, 4) is 0 Å². The van der Waals surface area contributed by atoms with Crippen molar-refractivity contribution in [2.24, 2.45) is 5.73 Å². The van der Waals surface area contributed by atoms with Crippen LogP contribution in [-0.4, -0.2) is 26.7 Å². The van der Waals surface area contributed by atoms with Gasteiger partial charge in [0.1, 0.15) is 0 Å². The summed E-state index contributed by atoms with van der Waals surface area (Å²) < 4.78 is 1.51. The van der Waals surface area contributed by atoms with Gasteiger partial charge in [0.05, 0.1) is 0 Å². The number of unbranched alkanes of at least 4 members (excludes halogenated alkanes) is 1. The van der Waals surface area contributed by atoms with Gasteiger partial charge in [0.25, 0.3) is 0 Å². The Labute approximate surface area is 150 Å². The normalized spacial score (nSPS) is 10.5.